The Hall–Kier alpha value is -1.35. The third kappa shape index (κ3) is 4.33. The average molecular weight is 303 g/mol. The van der Waals surface area contributed by atoms with Crippen molar-refractivity contribution in [2.75, 3.05) is 11.9 Å². The van der Waals surface area contributed by atoms with Crippen molar-refractivity contribution in [3.05, 3.63) is 29.3 Å². The molecule has 2 rings (SSSR count). The van der Waals surface area contributed by atoms with E-state index in [2.05, 4.69) is 49.6 Å². The summed E-state index contributed by atoms with van der Waals surface area (Å²) in [5.74, 6) is 0.865. The normalized spacial score (nSPS) is 21.6. The largest absolute Gasteiger partial charge is 0.336 e. The van der Waals surface area contributed by atoms with Crippen molar-refractivity contribution >= 4 is 11.6 Å². The fourth-order valence-corrected chi connectivity index (χ4v) is 3.55. The molecular weight excluding hydrogens is 272 g/mol. The second kappa shape index (κ2) is 8.33. The number of benzene rings is 1. The Balaban J connectivity index is 1.94. The number of amides is 1. The van der Waals surface area contributed by atoms with Crippen LogP contribution in [0.2, 0.25) is 0 Å². The molecular formula is C19H31N2O+. The molecule has 122 valence electrons. The van der Waals surface area contributed by atoms with Gasteiger partial charge in [-0.15, -0.1) is 0 Å². The molecule has 0 saturated heterocycles. The monoisotopic (exact) mass is 303 g/mol. The smallest absolute Gasteiger partial charge is 0.279 e. The molecule has 0 unspecified atom stereocenters. The summed E-state index contributed by atoms with van der Waals surface area (Å²) in [5.41, 5.74) is 3.51. The molecule has 1 saturated carbocycles. The highest BCUT2D eigenvalue weighted by Crippen LogP contribution is 2.23. The van der Waals surface area contributed by atoms with Gasteiger partial charge in [-0.2, -0.15) is 0 Å². The van der Waals surface area contributed by atoms with Crippen molar-refractivity contribution < 1.29 is 10.1 Å². The molecule has 0 aliphatic heterocycles. The van der Waals surface area contributed by atoms with Crippen LogP contribution in [0.5, 0.6) is 0 Å². The number of aryl methyl sites for hydroxylation is 2. The van der Waals surface area contributed by atoms with Crippen LogP contribution >= 0.6 is 0 Å². The first-order valence-electron chi connectivity index (χ1n) is 8.89. The van der Waals surface area contributed by atoms with Gasteiger partial charge in [-0.3, -0.25) is 4.79 Å². The van der Waals surface area contributed by atoms with Crippen LogP contribution in [0.1, 0.15) is 57.6 Å². The van der Waals surface area contributed by atoms with Gasteiger partial charge in [-0.05, 0) is 43.2 Å². The molecule has 0 radical (unpaired) electrons. The molecule has 3 N–H and O–H groups in total. The molecule has 0 aromatic heterocycles. The molecule has 1 aromatic rings. The molecule has 22 heavy (non-hydrogen) atoms. The van der Waals surface area contributed by atoms with E-state index in [1.54, 1.807) is 0 Å². The van der Waals surface area contributed by atoms with E-state index in [4.69, 9.17) is 0 Å². The fourth-order valence-electron chi connectivity index (χ4n) is 3.55. The standard InChI is InChI=1S/C19H30N2O/c1-4-15-10-8-11-16(5-2)19(15)21-18(22)13-20-17-12-7-6-9-14(17)3/h8,10-11,14,17,20H,4-7,9,12-13H2,1-3H3,(H,21,22)/p+1/t14-,17-/m0/s1. The minimum atomic E-state index is 0.133. The number of nitrogens with one attached hydrogen (secondary N) is 1. The topological polar surface area (TPSA) is 45.7 Å². The maximum absolute atomic E-state index is 12.4. The molecule has 1 fully saturated rings. The number of hydrogen-bond acceptors (Lipinski definition) is 1. The molecule has 1 aliphatic carbocycles. The van der Waals surface area contributed by atoms with Crippen LogP contribution in [0.25, 0.3) is 0 Å². The molecule has 0 spiro atoms. The lowest BCUT2D eigenvalue weighted by Gasteiger charge is -2.26. The van der Waals surface area contributed by atoms with Crippen molar-refractivity contribution in [3.8, 4) is 0 Å². The zero-order valence-corrected chi connectivity index (χ0v) is 14.3. The van der Waals surface area contributed by atoms with Crippen molar-refractivity contribution in [2.24, 2.45) is 5.92 Å². The quantitative estimate of drug-likeness (QED) is 0.834. The van der Waals surface area contributed by atoms with Crippen molar-refractivity contribution in [1.82, 2.24) is 0 Å². The van der Waals surface area contributed by atoms with Gasteiger partial charge in [0.1, 0.15) is 0 Å². The van der Waals surface area contributed by atoms with Crippen LogP contribution in [0.3, 0.4) is 0 Å². The minimum Gasteiger partial charge on any atom is -0.336 e. The Morgan fingerprint density at radius 1 is 1.18 bits per heavy atom. The lowest BCUT2D eigenvalue weighted by atomic mass is 9.86. The van der Waals surface area contributed by atoms with Crippen molar-refractivity contribution in [1.29, 1.82) is 0 Å². The van der Waals surface area contributed by atoms with Crippen LogP contribution in [0, 0.1) is 5.92 Å². The molecule has 1 aliphatic rings. The van der Waals surface area contributed by atoms with E-state index in [1.807, 2.05) is 0 Å². The van der Waals surface area contributed by atoms with Crippen molar-refractivity contribution in [3.63, 3.8) is 0 Å². The van der Waals surface area contributed by atoms with Crippen LogP contribution in [0.4, 0.5) is 5.69 Å². The second-order valence-electron chi connectivity index (χ2n) is 6.57. The third-order valence-corrected chi connectivity index (χ3v) is 5.05. The summed E-state index contributed by atoms with van der Waals surface area (Å²) in [6.07, 6.45) is 7.12. The van der Waals surface area contributed by atoms with E-state index in [-0.39, 0.29) is 5.91 Å². The molecule has 3 nitrogen and oxygen atoms in total. The predicted molar refractivity (Wildman–Crippen MR) is 92.0 cm³/mol. The van der Waals surface area contributed by atoms with Gasteiger partial charge in [0.15, 0.2) is 6.54 Å². The summed E-state index contributed by atoms with van der Waals surface area (Å²) in [7, 11) is 0. The van der Waals surface area contributed by atoms with E-state index in [0.29, 0.717) is 12.6 Å². The molecule has 2 atom stereocenters. The molecule has 3 heteroatoms. The number of quaternary nitrogens is 1. The number of hydrogen-bond donors (Lipinski definition) is 2. The van der Waals surface area contributed by atoms with Crippen LogP contribution < -0.4 is 10.6 Å². The van der Waals surface area contributed by atoms with Gasteiger partial charge in [0.05, 0.1) is 6.04 Å². The first-order chi connectivity index (χ1) is 10.7. The molecule has 1 amide bonds. The van der Waals surface area contributed by atoms with Gasteiger partial charge in [-0.25, -0.2) is 0 Å². The van der Waals surface area contributed by atoms with Gasteiger partial charge < -0.3 is 10.6 Å². The maximum Gasteiger partial charge on any atom is 0.279 e. The summed E-state index contributed by atoms with van der Waals surface area (Å²) in [6, 6.07) is 6.93. The number of carbonyl (C=O) groups excluding carboxylic acids is 1. The van der Waals surface area contributed by atoms with Gasteiger partial charge >= 0.3 is 0 Å². The summed E-state index contributed by atoms with van der Waals surface area (Å²) < 4.78 is 0. The van der Waals surface area contributed by atoms with E-state index in [1.165, 1.54) is 36.8 Å². The SMILES string of the molecule is CCc1cccc(CC)c1NC(=O)C[NH2+][C@H]1CCCC[C@@H]1C. The number of rotatable bonds is 6. The van der Waals surface area contributed by atoms with Crippen LogP contribution in [-0.2, 0) is 17.6 Å². The lowest BCUT2D eigenvalue weighted by Crippen LogP contribution is -2.93. The van der Waals surface area contributed by atoms with Gasteiger partial charge in [0.2, 0.25) is 0 Å². The molecule has 1 aromatic carbocycles. The zero-order chi connectivity index (χ0) is 15.9. The van der Waals surface area contributed by atoms with E-state index in [9.17, 15) is 4.79 Å². The van der Waals surface area contributed by atoms with E-state index >= 15 is 0 Å². The van der Waals surface area contributed by atoms with E-state index < -0.39 is 0 Å². The minimum absolute atomic E-state index is 0.133. The summed E-state index contributed by atoms with van der Waals surface area (Å²) >= 11 is 0. The Labute approximate surface area is 134 Å². The fraction of sp³-hybridized carbons (Fsp3) is 0.632. The highest BCUT2D eigenvalue weighted by molar-refractivity contribution is 5.93. The maximum atomic E-state index is 12.4. The number of para-hydroxylation sites is 1. The van der Waals surface area contributed by atoms with Crippen molar-refractivity contribution in [2.45, 2.75) is 65.3 Å². The lowest BCUT2D eigenvalue weighted by molar-refractivity contribution is -0.687. The van der Waals surface area contributed by atoms with Gasteiger partial charge in [0, 0.05) is 11.6 Å². The molecule has 0 bridgehead atoms. The first kappa shape index (κ1) is 17.0. The summed E-state index contributed by atoms with van der Waals surface area (Å²) in [5, 5.41) is 5.41. The highest BCUT2D eigenvalue weighted by atomic mass is 16.1. The number of nitrogens with two attached hydrogens (primary N) is 1. The van der Waals surface area contributed by atoms with E-state index in [0.717, 1.165) is 24.4 Å². The molecule has 0 heterocycles. The summed E-state index contributed by atoms with van der Waals surface area (Å²) in [4.78, 5) is 12.4. The Kier molecular flexibility index (Phi) is 6.44. The average Bonchev–Trinajstić information content (AvgIpc) is 2.54. The number of carbonyl (C=O) groups is 1. The Morgan fingerprint density at radius 3 is 2.41 bits per heavy atom. The Morgan fingerprint density at radius 2 is 1.82 bits per heavy atom. The zero-order valence-electron chi connectivity index (χ0n) is 14.3. The second-order valence-corrected chi connectivity index (χ2v) is 6.57. The predicted octanol–water partition coefficient (Wildman–Crippen LogP) is 2.89. The van der Waals surface area contributed by atoms with Crippen LogP contribution in [0.15, 0.2) is 18.2 Å². The van der Waals surface area contributed by atoms with Crippen LogP contribution in [-0.4, -0.2) is 18.5 Å². The third-order valence-electron chi connectivity index (χ3n) is 5.05. The van der Waals surface area contributed by atoms with Gasteiger partial charge in [-0.1, -0.05) is 45.4 Å². The van der Waals surface area contributed by atoms with Gasteiger partial charge in [0.25, 0.3) is 5.91 Å². The number of anilines is 1. The Bertz CT molecular complexity index is 476. The first-order valence-corrected chi connectivity index (χ1v) is 8.89. The summed E-state index contributed by atoms with van der Waals surface area (Å²) in [6.45, 7) is 7.14. The highest BCUT2D eigenvalue weighted by Gasteiger charge is 2.24.